The number of hydrogen-bond acceptors (Lipinski definition) is 3. The van der Waals surface area contributed by atoms with Crippen LogP contribution in [0.5, 0.6) is 0 Å². The monoisotopic (exact) mass is 439 g/mol. The molecule has 2 aliphatic heterocycles. The third-order valence-electron chi connectivity index (χ3n) is 5.89. The van der Waals surface area contributed by atoms with Gasteiger partial charge >= 0.3 is 0 Å². The first kappa shape index (κ1) is 21.4. The van der Waals surface area contributed by atoms with Gasteiger partial charge in [0, 0.05) is 49.7 Å². The second-order valence-corrected chi connectivity index (χ2v) is 8.55. The van der Waals surface area contributed by atoms with Gasteiger partial charge in [-0.3, -0.25) is 14.4 Å². The molecule has 4 rings (SSSR count). The summed E-state index contributed by atoms with van der Waals surface area (Å²) in [4.78, 5) is 43.8. The fourth-order valence-corrected chi connectivity index (χ4v) is 4.43. The lowest BCUT2D eigenvalue weighted by molar-refractivity contribution is -0.117. The van der Waals surface area contributed by atoms with Crippen molar-refractivity contribution in [3.63, 3.8) is 0 Å². The van der Waals surface area contributed by atoms with Crippen LogP contribution in [-0.2, 0) is 4.79 Å². The molecule has 2 aromatic carbocycles. The number of aryl methyl sites for hydroxylation is 1. The van der Waals surface area contributed by atoms with E-state index in [-0.39, 0.29) is 17.7 Å². The summed E-state index contributed by atoms with van der Waals surface area (Å²) in [5, 5.41) is 0.497. The van der Waals surface area contributed by atoms with Crippen LogP contribution < -0.4 is 4.90 Å². The van der Waals surface area contributed by atoms with Crippen LogP contribution in [0.1, 0.15) is 45.5 Å². The number of carbonyl (C=O) groups excluding carboxylic acids is 3. The Morgan fingerprint density at radius 1 is 0.871 bits per heavy atom. The van der Waals surface area contributed by atoms with Gasteiger partial charge in [0.15, 0.2) is 0 Å². The normalized spacial score (nSPS) is 17.1. The number of anilines is 1. The summed E-state index contributed by atoms with van der Waals surface area (Å²) >= 11 is 6.18. The standard InChI is InChI=1S/C24H26ClN3O3/c1-17-5-2-6-18(15-17)23(30)26-10-4-11-27(14-13-26)24(31)20-9-8-19(25)16-21(20)28-12-3-7-22(28)29/h2,5-6,8-9,15-16H,3-4,7,10-14H2,1H3. The fourth-order valence-electron chi connectivity index (χ4n) is 4.27. The van der Waals surface area contributed by atoms with E-state index in [2.05, 4.69) is 0 Å². The molecule has 7 heteroatoms. The van der Waals surface area contributed by atoms with Gasteiger partial charge in [-0.25, -0.2) is 0 Å². The maximum Gasteiger partial charge on any atom is 0.256 e. The number of nitrogens with zero attached hydrogens (tertiary/aromatic N) is 3. The smallest absolute Gasteiger partial charge is 0.256 e. The molecule has 162 valence electrons. The van der Waals surface area contributed by atoms with Crippen molar-refractivity contribution in [1.29, 1.82) is 0 Å². The van der Waals surface area contributed by atoms with Gasteiger partial charge in [-0.1, -0.05) is 29.3 Å². The van der Waals surface area contributed by atoms with Crippen LogP contribution in [-0.4, -0.2) is 60.2 Å². The summed E-state index contributed by atoms with van der Waals surface area (Å²) in [6.07, 6.45) is 1.97. The molecule has 0 aliphatic carbocycles. The Labute approximate surface area is 187 Å². The van der Waals surface area contributed by atoms with Gasteiger partial charge in [0.25, 0.3) is 11.8 Å². The van der Waals surface area contributed by atoms with Gasteiger partial charge in [0.2, 0.25) is 5.91 Å². The summed E-state index contributed by atoms with van der Waals surface area (Å²) < 4.78 is 0. The number of rotatable bonds is 3. The van der Waals surface area contributed by atoms with Gasteiger partial charge in [-0.2, -0.15) is 0 Å². The molecule has 0 aromatic heterocycles. The predicted octanol–water partition coefficient (Wildman–Crippen LogP) is 3.76. The van der Waals surface area contributed by atoms with E-state index in [9.17, 15) is 14.4 Å². The Hall–Kier alpha value is -2.86. The number of carbonyl (C=O) groups is 3. The first-order chi connectivity index (χ1) is 14.9. The molecule has 2 aliphatic rings. The molecule has 3 amide bonds. The van der Waals surface area contributed by atoms with E-state index in [4.69, 9.17) is 11.6 Å². The van der Waals surface area contributed by atoms with Crippen LogP contribution in [0.25, 0.3) is 0 Å². The Morgan fingerprint density at radius 3 is 2.29 bits per heavy atom. The van der Waals surface area contributed by atoms with Gasteiger partial charge < -0.3 is 14.7 Å². The summed E-state index contributed by atoms with van der Waals surface area (Å²) in [6.45, 7) is 4.66. The number of hydrogen-bond donors (Lipinski definition) is 0. The second-order valence-electron chi connectivity index (χ2n) is 8.12. The van der Waals surface area contributed by atoms with Crippen molar-refractivity contribution in [2.75, 3.05) is 37.6 Å². The van der Waals surface area contributed by atoms with E-state index in [0.717, 1.165) is 12.0 Å². The molecule has 2 fully saturated rings. The average Bonchev–Trinajstić information content (AvgIpc) is 3.04. The van der Waals surface area contributed by atoms with Gasteiger partial charge in [-0.15, -0.1) is 0 Å². The molecule has 0 bridgehead atoms. The molecular formula is C24H26ClN3O3. The third kappa shape index (κ3) is 4.59. The molecule has 2 heterocycles. The Balaban J connectivity index is 1.51. The van der Waals surface area contributed by atoms with Crippen LogP contribution in [0.15, 0.2) is 42.5 Å². The molecule has 2 saturated heterocycles. The lowest BCUT2D eigenvalue weighted by Crippen LogP contribution is -2.38. The highest BCUT2D eigenvalue weighted by atomic mass is 35.5. The van der Waals surface area contributed by atoms with Crippen LogP contribution in [0, 0.1) is 6.92 Å². The molecule has 0 radical (unpaired) electrons. The maximum absolute atomic E-state index is 13.4. The molecular weight excluding hydrogens is 414 g/mol. The highest BCUT2D eigenvalue weighted by Gasteiger charge is 2.29. The van der Waals surface area contributed by atoms with E-state index >= 15 is 0 Å². The van der Waals surface area contributed by atoms with Gasteiger partial charge in [0.05, 0.1) is 11.3 Å². The van der Waals surface area contributed by atoms with Crippen molar-refractivity contribution >= 4 is 35.0 Å². The number of halogens is 1. The Bertz CT molecular complexity index is 1020. The molecule has 31 heavy (non-hydrogen) atoms. The van der Waals surface area contributed by atoms with E-state index in [0.29, 0.717) is 67.4 Å². The largest absolute Gasteiger partial charge is 0.337 e. The van der Waals surface area contributed by atoms with Crippen molar-refractivity contribution in [2.45, 2.75) is 26.2 Å². The SMILES string of the molecule is Cc1cccc(C(=O)N2CCCN(C(=O)c3ccc(Cl)cc3N3CCCC3=O)CC2)c1. The lowest BCUT2D eigenvalue weighted by atomic mass is 10.1. The zero-order valence-electron chi connectivity index (χ0n) is 17.6. The quantitative estimate of drug-likeness (QED) is 0.731. The highest BCUT2D eigenvalue weighted by molar-refractivity contribution is 6.31. The topological polar surface area (TPSA) is 60.9 Å². The predicted molar refractivity (Wildman–Crippen MR) is 121 cm³/mol. The van der Waals surface area contributed by atoms with E-state index in [1.54, 1.807) is 28.0 Å². The Kier molecular flexibility index (Phi) is 6.28. The minimum atomic E-state index is -0.128. The van der Waals surface area contributed by atoms with Crippen LogP contribution in [0.4, 0.5) is 5.69 Å². The van der Waals surface area contributed by atoms with Crippen molar-refractivity contribution in [3.05, 3.63) is 64.2 Å². The van der Waals surface area contributed by atoms with E-state index in [1.165, 1.54) is 0 Å². The van der Waals surface area contributed by atoms with E-state index < -0.39 is 0 Å². The first-order valence-electron chi connectivity index (χ1n) is 10.7. The first-order valence-corrected chi connectivity index (χ1v) is 11.1. The summed E-state index contributed by atoms with van der Waals surface area (Å²) in [5.74, 6) is -0.119. The van der Waals surface area contributed by atoms with Crippen molar-refractivity contribution in [3.8, 4) is 0 Å². The third-order valence-corrected chi connectivity index (χ3v) is 6.12. The molecule has 0 saturated carbocycles. The summed E-state index contributed by atoms with van der Waals surface area (Å²) in [5.41, 5.74) is 2.78. The van der Waals surface area contributed by atoms with Crippen molar-refractivity contribution < 1.29 is 14.4 Å². The zero-order chi connectivity index (χ0) is 22.0. The number of amides is 3. The van der Waals surface area contributed by atoms with Crippen LogP contribution in [0.2, 0.25) is 5.02 Å². The maximum atomic E-state index is 13.4. The lowest BCUT2D eigenvalue weighted by Gasteiger charge is -2.25. The summed E-state index contributed by atoms with van der Waals surface area (Å²) in [7, 11) is 0. The molecule has 0 unspecified atom stereocenters. The number of benzene rings is 2. The summed E-state index contributed by atoms with van der Waals surface area (Å²) in [6, 6.07) is 12.7. The molecule has 0 N–H and O–H groups in total. The molecule has 0 atom stereocenters. The zero-order valence-corrected chi connectivity index (χ0v) is 18.4. The van der Waals surface area contributed by atoms with Gasteiger partial charge in [0.1, 0.15) is 0 Å². The van der Waals surface area contributed by atoms with Gasteiger partial charge in [-0.05, 0) is 50.1 Å². The molecule has 6 nitrogen and oxygen atoms in total. The minimum absolute atomic E-state index is 0.00663. The Morgan fingerprint density at radius 2 is 1.61 bits per heavy atom. The molecule has 2 aromatic rings. The fraction of sp³-hybridized carbons (Fsp3) is 0.375. The average molecular weight is 440 g/mol. The second kappa shape index (κ2) is 9.10. The minimum Gasteiger partial charge on any atom is -0.337 e. The van der Waals surface area contributed by atoms with Crippen molar-refractivity contribution in [2.24, 2.45) is 0 Å². The molecule has 0 spiro atoms. The highest BCUT2D eigenvalue weighted by Crippen LogP contribution is 2.30. The van der Waals surface area contributed by atoms with Crippen molar-refractivity contribution in [1.82, 2.24) is 9.80 Å². The van der Waals surface area contributed by atoms with Crippen LogP contribution >= 0.6 is 11.6 Å². The van der Waals surface area contributed by atoms with E-state index in [1.807, 2.05) is 36.1 Å². The van der Waals surface area contributed by atoms with Crippen LogP contribution in [0.3, 0.4) is 0 Å².